The lowest BCUT2D eigenvalue weighted by molar-refractivity contribution is 1.82. The number of hydrogen-bond donors (Lipinski definition) is 0. The van der Waals surface area contributed by atoms with Crippen molar-refractivity contribution in [3.05, 3.63) is 72.8 Å². The summed E-state index contributed by atoms with van der Waals surface area (Å²) in [7, 11) is 0. The molecule has 0 unspecified atom stereocenters. The van der Waals surface area contributed by atoms with Crippen LogP contribution >= 0.6 is 0 Å². The Kier molecular flexibility index (Phi) is 1.69. The van der Waals surface area contributed by atoms with Crippen molar-refractivity contribution in [1.82, 2.24) is 0 Å². The van der Waals surface area contributed by atoms with Gasteiger partial charge >= 0.3 is 0 Å². The minimum Gasteiger partial charge on any atom is -0.0603 e. The van der Waals surface area contributed by atoms with Gasteiger partial charge in [-0.05, 0) is 36.4 Å². The zero-order chi connectivity index (χ0) is 11.9. The van der Waals surface area contributed by atoms with Gasteiger partial charge in [0.05, 0.1) is 0 Å². The average molecular weight is 222 g/mol. The van der Waals surface area contributed by atoms with Gasteiger partial charge in [0.25, 0.3) is 0 Å². The van der Waals surface area contributed by atoms with E-state index >= 15 is 0 Å². The molecule has 0 atom stereocenters. The first-order chi connectivity index (χ1) is 8.90. The number of fused-ring (bicyclic) bond motifs is 3. The lowest BCUT2D eigenvalue weighted by atomic mass is 10.1. The number of rotatable bonds is 0. The van der Waals surface area contributed by atoms with E-state index in [0.717, 1.165) is 32.3 Å². The van der Waals surface area contributed by atoms with Gasteiger partial charge in [0.2, 0.25) is 0 Å². The summed E-state index contributed by atoms with van der Waals surface area (Å²) < 4.78 is 0. The largest absolute Gasteiger partial charge is 0.0603 e. The van der Waals surface area contributed by atoms with Gasteiger partial charge in [0.1, 0.15) is 0 Å². The molecule has 0 saturated heterocycles. The van der Waals surface area contributed by atoms with Crippen LogP contribution in [0.4, 0.5) is 0 Å². The van der Waals surface area contributed by atoms with Crippen LogP contribution in [0.3, 0.4) is 0 Å². The zero-order valence-electron chi connectivity index (χ0n) is 9.46. The van der Waals surface area contributed by atoms with E-state index in [0.29, 0.717) is 0 Å². The average Bonchev–Trinajstić information content (AvgIpc) is 2.29. The standard InChI is InChI=1S/C18H6/c1-2-14-9-10-16-5-6-18(16)12-11-17-4-3-15(17)8-7-13(1)14/h1-6H. The van der Waals surface area contributed by atoms with Gasteiger partial charge in [0.15, 0.2) is 0 Å². The Morgan fingerprint density at radius 3 is 0.611 bits per heavy atom. The van der Waals surface area contributed by atoms with Crippen LogP contribution in [0.1, 0.15) is 0 Å². The predicted molar refractivity (Wildman–Crippen MR) is 72.0 cm³/mol. The molecule has 18 heavy (non-hydrogen) atoms. The van der Waals surface area contributed by atoms with Crippen LogP contribution in [-0.4, -0.2) is 0 Å². The first-order valence-electron chi connectivity index (χ1n) is 5.73. The van der Waals surface area contributed by atoms with E-state index in [9.17, 15) is 0 Å². The maximum Gasteiger partial charge on any atom is 0.0406 e. The molecule has 4 aromatic rings. The van der Waals surface area contributed by atoms with E-state index in [-0.39, 0.29) is 0 Å². The molecule has 0 aliphatic heterocycles. The van der Waals surface area contributed by atoms with Crippen LogP contribution in [0, 0.1) is 36.4 Å². The van der Waals surface area contributed by atoms with Crippen molar-refractivity contribution in [2.24, 2.45) is 0 Å². The third kappa shape index (κ3) is 1.26. The van der Waals surface area contributed by atoms with Gasteiger partial charge in [-0.15, -0.1) is 0 Å². The molecule has 0 aromatic heterocycles. The molecule has 0 fully saturated rings. The van der Waals surface area contributed by atoms with Crippen LogP contribution in [0.15, 0.2) is 36.4 Å². The Morgan fingerprint density at radius 1 is 0.333 bits per heavy atom. The van der Waals surface area contributed by atoms with Crippen molar-refractivity contribution in [3.8, 4) is 0 Å². The lowest BCUT2D eigenvalue weighted by Crippen LogP contribution is -1.71. The van der Waals surface area contributed by atoms with Gasteiger partial charge in [0, 0.05) is 32.3 Å². The zero-order valence-corrected chi connectivity index (χ0v) is 9.46. The number of hydrogen-bond acceptors (Lipinski definition) is 0. The molecule has 4 aromatic carbocycles. The van der Waals surface area contributed by atoms with Crippen molar-refractivity contribution < 1.29 is 0 Å². The van der Waals surface area contributed by atoms with Gasteiger partial charge in [-0.1, -0.05) is 36.4 Å². The van der Waals surface area contributed by atoms with Crippen molar-refractivity contribution in [2.75, 3.05) is 0 Å². The monoisotopic (exact) mass is 222 g/mol. The molecule has 0 heteroatoms. The molecule has 0 saturated carbocycles. The first-order valence-corrected chi connectivity index (χ1v) is 5.73. The third-order valence-corrected chi connectivity index (χ3v) is 3.12. The Bertz CT molecular complexity index is 681. The fourth-order valence-corrected chi connectivity index (χ4v) is 1.81. The van der Waals surface area contributed by atoms with Gasteiger partial charge < -0.3 is 0 Å². The topological polar surface area (TPSA) is 0 Å². The molecule has 0 N–H and O–H groups in total. The molecule has 0 heterocycles. The highest BCUT2D eigenvalue weighted by molar-refractivity contribution is 5.89. The maximum atomic E-state index is 3.14. The second kappa shape index (κ2) is 3.30. The van der Waals surface area contributed by atoms with Gasteiger partial charge in [-0.25, -0.2) is 0 Å². The summed E-state index contributed by atoms with van der Waals surface area (Å²) in [5, 5.41) is 6.13. The van der Waals surface area contributed by atoms with E-state index in [1.807, 2.05) is 36.4 Å². The van der Waals surface area contributed by atoms with E-state index in [4.69, 9.17) is 0 Å². The summed E-state index contributed by atoms with van der Waals surface area (Å²) in [6.45, 7) is 0. The van der Waals surface area contributed by atoms with Crippen molar-refractivity contribution in [3.63, 3.8) is 0 Å². The van der Waals surface area contributed by atoms with Crippen molar-refractivity contribution in [2.45, 2.75) is 0 Å². The molecular formula is C18H6. The fraction of sp³-hybridized carbons (Fsp3) is 0. The Balaban J connectivity index is 2.10. The Labute approximate surface area is 105 Å². The molecule has 0 amide bonds. The van der Waals surface area contributed by atoms with Crippen LogP contribution in [-0.2, 0) is 0 Å². The SMILES string of the molecule is c1c2ccc2c#cc2ccc2c#cc2ccc2c#1. The van der Waals surface area contributed by atoms with E-state index in [1.165, 1.54) is 0 Å². The fourth-order valence-electron chi connectivity index (χ4n) is 1.81. The molecule has 0 aliphatic carbocycles. The smallest absolute Gasteiger partial charge is 0.0406 e. The molecule has 0 radical (unpaired) electrons. The van der Waals surface area contributed by atoms with Crippen LogP contribution in [0.5, 0.6) is 0 Å². The summed E-state index contributed by atoms with van der Waals surface area (Å²) in [5.41, 5.74) is 0. The van der Waals surface area contributed by atoms with Crippen LogP contribution in [0.25, 0.3) is 32.3 Å². The lowest BCUT2D eigenvalue weighted by Gasteiger charge is -1.92. The molecule has 4 rings (SSSR count). The highest BCUT2D eigenvalue weighted by Crippen LogP contribution is 2.15. The third-order valence-electron chi connectivity index (χ3n) is 3.12. The highest BCUT2D eigenvalue weighted by atomic mass is 13.9. The van der Waals surface area contributed by atoms with Crippen LogP contribution in [0.2, 0.25) is 0 Å². The summed E-state index contributed by atoms with van der Waals surface area (Å²) in [6.07, 6.45) is 0. The molecule has 0 spiro atoms. The minimum absolute atomic E-state index is 1.02. The van der Waals surface area contributed by atoms with E-state index in [2.05, 4.69) is 36.4 Å². The molecule has 0 nitrogen and oxygen atoms in total. The summed E-state index contributed by atoms with van der Waals surface area (Å²) in [4.78, 5) is 0. The Morgan fingerprint density at radius 2 is 0.500 bits per heavy atom. The quantitative estimate of drug-likeness (QED) is 0.422. The maximum absolute atomic E-state index is 3.14. The first kappa shape index (κ1) is 9.18. The minimum atomic E-state index is 1.02. The normalized spacial score (nSPS) is 10.0. The Hall–Kier alpha value is -2.88. The molecule has 0 bridgehead atoms. The summed E-state index contributed by atoms with van der Waals surface area (Å²) in [6, 6.07) is 30.9. The van der Waals surface area contributed by atoms with Crippen molar-refractivity contribution >= 4 is 32.3 Å². The van der Waals surface area contributed by atoms with Crippen molar-refractivity contribution in [1.29, 1.82) is 0 Å². The summed E-state index contributed by atoms with van der Waals surface area (Å²) in [5.74, 6) is 0. The second-order valence-electron chi connectivity index (χ2n) is 4.23. The van der Waals surface area contributed by atoms with E-state index in [1.54, 1.807) is 0 Å². The van der Waals surface area contributed by atoms with Crippen LogP contribution < -0.4 is 0 Å². The molecular weight excluding hydrogens is 216 g/mol. The van der Waals surface area contributed by atoms with Gasteiger partial charge in [-0.2, -0.15) is 0 Å². The van der Waals surface area contributed by atoms with E-state index < -0.39 is 0 Å². The molecule has 78 valence electrons. The van der Waals surface area contributed by atoms with Gasteiger partial charge in [-0.3, -0.25) is 0 Å². The second-order valence-corrected chi connectivity index (χ2v) is 4.23. The molecule has 0 aliphatic rings. The summed E-state index contributed by atoms with van der Waals surface area (Å²) >= 11 is 0. The predicted octanol–water partition coefficient (Wildman–Crippen LogP) is 3.95. The highest BCUT2D eigenvalue weighted by Gasteiger charge is 1.93.